The Morgan fingerprint density at radius 1 is 0.857 bits per heavy atom. The molecule has 0 saturated carbocycles. The van der Waals surface area contributed by atoms with Crippen molar-refractivity contribution in [2.45, 2.75) is 13.1 Å². The molecule has 28 heavy (non-hydrogen) atoms. The molecule has 2 aromatic carbocycles. The largest absolute Gasteiger partial charge is 0.386 e. The van der Waals surface area contributed by atoms with Gasteiger partial charge in [-0.1, -0.05) is 36.4 Å². The number of rotatable bonds is 8. The summed E-state index contributed by atoms with van der Waals surface area (Å²) in [7, 11) is 3.73. The summed E-state index contributed by atoms with van der Waals surface area (Å²) in [4.78, 5) is 20.9. The first-order chi connectivity index (χ1) is 13.7. The maximum Gasteiger partial charge on any atom is 0.275 e. The van der Waals surface area contributed by atoms with Crippen LogP contribution >= 0.6 is 0 Å². The number of amides is 1. The minimum absolute atomic E-state index is 0.257. The van der Waals surface area contributed by atoms with E-state index in [4.69, 9.17) is 0 Å². The van der Waals surface area contributed by atoms with Crippen molar-refractivity contribution in [2.24, 2.45) is 0 Å². The summed E-state index contributed by atoms with van der Waals surface area (Å²) in [6.45, 7) is 1.48. The highest BCUT2D eigenvalue weighted by Crippen LogP contribution is 2.20. The highest BCUT2D eigenvalue weighted by molar-refractivity contribution is 6.04. The third-order valence-corrected chi connectivity index (χ3v) is 4.21. The normalized spacial score (nSPS) is 10.4. The summed E-state index contributed by atoms with van der Waals surface area (Å²) in [5.74, 6) is 0.313. The first-order valence-corrected chi connectivity index (χ1v) is 9.06. The zero-order chi connectivity index (χ0) is 19.8. The molecule has 0 saturated heterocycles. The van der Waals surface area contributed by atoms with E-state index in [1.807, 2.05) is 31.3 Å². The molecule has 0 spiro atoms. The molecule has 0 atom stereocenters. The van der Waals surface area contributed by atoms with Crippen molar-refractivity contribution in [3.05, 3.63) is 77.7 Å². The van der Waals surface area contributed by atoms with Crippen molar-refractivity contribution in [2.75, 3.05) is 30.0 Å². The van der Waals surface area contributed by atoms with Gasteiger partial charge in [0.15, 0.2) is 0 Å². The van der Waals surface area contributed by atoms with Crippen LogP contribution in [0.2, 0.25) is 0 Å². The van der Waals surface area contributed by atoms with Gasteiger partial charge in [0.2, 0.25) is 0 Å². The molecule has 7 heteroatoms. The molecule has 7 nitrogen and oxygen atoms in total. The lowest BCUT2D eigenvalue weighted by atomic mass is 10.1. The smallest absolute Gasteiger partial charge is 0.275 e. The molecule has 0 aliphatic rings. The Kier molecular flexibility index (Phi) is 6.54. The molecule has 0 aliphatic carbocycles. The number of para-hydroxylation sites is 2. The molecule has 144 valence electrons. The Morgan fingerprint density at radius 3 is 2.14 bits per heavy atom. The number of hydrogen-bond donors (Lipinski definition) is 4. The van der Waals surface area contributed by atoms with Crippen LogP contribution in [0.25, 0.3) is 0 Å². The molecule has 0 unspecified atom stereocenters. The maximum atomic E-state index is 12.4. The van der Waals surface area contributed by atoms with Crippen molar-refractivity contribution >= 4 is 23.1 Å². The standard InChI is InChI=1S/C21H24N6O/c1-22-11-15-7-9-16(10-8-15)12-25-20-14-24-19(13-26-20)21(28)27-18-6-4-3-5-17(18)23-2/h3-10,13-14,22-23H,11-12H2,1-2H3,(H,25,26)(H,27,28). The highest BCUT2D eigenvalue weighted by atomic mass is 16.1. The monoisotopic (exact) mass is 376 g/mol. The SMILES string of the molecule is CNCc1ccc(CNc2cnc(C(=O)Nc3ccccc3NC)cn2)cc1. The van der Waals surface area contributed by atoms with Gasteiger partial charge in [-0.15, -0.1) is 0 Å². The van der Waals surface area contributed by atoms with E-state index in [1.165, 1.54) is 11.8 Å². The number of aromatic nitrogens is 2. The van der Waals surface area contributed by atoms with E-state index in [-0.39, 0.29) is 11.6 Å². The second-order valence-electron chi connectivity index (χ2n) is 6.24. The number of anilines is 3. The predicted octanol–water partition coefficient (Wildman–Crippen LogP) is 3.10. The van der Waals surface area contributed by atoms with Crippen molar-refractivity contribution in [1.29, 1.82) is 0 Å². The Morgan fingerprint density at radius 2 is 1.54 bits per heavy atom. The third kappa shape index (κ3) is 5.05. The van der Waals surface area contributed by atoms with Crippen LogP contribution in [0, 0.1) is 0 Å². The summed E-state index contributed by atoms with van der Waals surface area (Å²) in [5.41, 5.74) is 4.17. The molecule has 4 N–H and O–H groups in total. The van der Waals surface area contributed by atoms with Gasteiger partial charge in [-0.2, -0.15) is 0 Å². The Labute approximate surface area is 164 Å². The van der Waals surface area contributed by atoms with E-state index < -0.39 is 0 Å². The Bertz CT molecular complexity index is 909. The van der Waals surface area contributed by atoms with Crippen molar-refractivity contribution in [1.82, 2.24) is 15.3 Å². The van der Waals surface area contributed by atoms with Crippen molar-refractivity contribution in [3.8, 4) is 0 Å². The molecular formula is C21H24N6O. The van der Waals surface area contributed by atoms with E-state index in [2.05, 4.69) is 55.5 Å². The van der Waals surface area contributed by atoms with Crippen LogP contribution in [0.15, 0.2) is 60.9 Å². The fourth-order valence-corrected chi connectivity index (χ4v) is 2.70. The van der Waals surface area contributed by atoms with Crippen LogP contribution in [-0.4, -0.2) is 30.0 Å². The summed E-state index contributed by atoms with van der Waals surface area (Å²) in [6, 6.07) is 15.8. The average Bonchev–Trinajstić information content (AvgIpc) is 2.74. The number of carbonyl (C=O) groups excluding carboxylic acids is 1. The molecule has 0 radical (unpaired) electrons. The number of nitrogens with zero attached hydrogens (tertiary/aromatic N) is 2. The first-order valence-electron chi connectivity index (χ1n) is 9.06. The van der Waals surface area contributed by atoms with Crippen molar-refractivity contribution < 1.29 is 4.79 Å². The predicted molar refractivity (Wildman–Crippen MR) is 113 cm³/mol. The molecule has 0 aliphatic heterocycles. The average molecular weight is 376 g/mol. The van der Waals surface area contributed by atoms with Gasteiger partial charge in [0.1, 0.15) is 11.5 Å². The van der Waals surface area contributed by atoms with Crippen LogP contribution < -0.4 is 21.3 Å². The molecule has 3 aromatic rings. The second-order valence-corrected chi connectivity index (χ2v) is 6.24. The maximum absolute atomic E-state index is 12.4. The van der Waals surface area contributed by atoms with E-state index in [0.717, 1.165) is 17.8 Å². The zero-order valence-electron chi connectivity index (χ0n) is 16.0. The van der Waals surface area contributed by atoms with E-state index in [9.17, 15) is 4.79 Å². The third-order valence-electron chi connectivity index (χ3n) is 4.21. The summed E-state index contributed by atoms with van der Waals surface area (Å²) >= 11 is 0. The van der Waals surface area contributed by atoms with Gasteiger partial charge in [0, 0.05) is 20.1 Å². The van der Waals surface area contributed by atoms with Crippen LogP contribution in [0.5, 0.6) is 0 Å². The molecule has 0 fully saturated rings. The first kappa shape index (κ1) is 19.3. The zero-order valence-corrected chi connectivity index (χ0v) is 16.0. The van der Waals surface area contributed by atoms with Gasteiger partial charge in [-0.3, -0.25) is 4.79 Å². The fraction of sp³-hybridized carbons (Fsp3) is 0.190. The Balaban J connectivity index is 1.57. The molecule has 1 amide bonds. The van der Waals surface area contributed by atoms with Gasteiger partial charge in [0.05, 0.1) is 23.8 Å². The van der Waals surface area contributed by atoms with Gasteiger partial charge >= 0.3 is 0 Å². The number of hydrogen-bond acceptors (Lipinski definition) is 6. The van der Waals surface area contributed by atoms with Gasteiger partial charge in [-0.25, -0.2) is 9.97 Å². The number of nitrogens with one attached hydrogen (secondary N) is 4. The van der Waals surface area contributed by atoms with Crippen LogP contribution in [0.3, 0.4) is 0 Å². The van der Waals surface area contributed by atoms with Crippen molar-refractivity contribution in [3.63, 3.8) is 0 Å². The highest BCUT2D eigenvalue weighted by Gasteiger charge is 2.10. The minimum atomic E-state index is -0.304. The second kappa shape index (κ2) is 9.48. The number of benzene rings is 2. The quantitative estimate of drug-likeness (QED) is 0.483. The van der Waals surface area contributed by atoms with Gasteiger partial charge in [0.25, 0.3) is 5.91 Å². The van der Waals surface area contributed by atoms with Crippen LogP contribution in [0.4, 0.5) is 17.2 Å². The molecule has 1 aromatic heterocycles. The lowest BCUT2D eigenvalue weighted by molar-refractivity contribution is 0.102. The lowest BCUT2D eigenvalue weighted by Gasteiger charge is -2.10. The minimum Gasteiger partial charge on any atom is -0.386 e. The Hall–Kier alpha value is -3.45. The van der Waals surface area contributed by atoms with E-state index in [1.54, 1.807) is 13.2 Å². The van der Waals surface area contributed by atoms with Crippen LogP contribution in [-0.2, 0) is 13.1 Å². The summed E-state index contributed by atoms with van der Waals surface area (Å²) in [6.07, 6.45) is 3.03. The van der Waals surface area contributed by atoms with Gasteiger partial charge in [-0.05, 0) is 30.3 Å². The summed E-state index contributed by atoms with van der Waals surface area (Å²) in [5, 5.41) is 12.2. The molecule has 1 heterocycles. The molecule has 0 bridgehead atoms. The van der Waals surface area contributed by atoms with Crippen LogP contribution in [0.1, 0.15) is 21.6 Å². The molecule has 3 rings (SSSR count). The van der Waals surface area contributed by atoms with E-state index in [0.29, 0.717) is 18.1 Å². The lowest BCUT2D eigenvalue weighted by Crippen LogP contribution is -2.15. The number of carbonyl (C=O) groups is 1. The fourth-order valence-electron chi connectivity index (χ4n) is 2.70. The van der Waals surface area contributed by atoms with Gasteiger partial charge < -0.3 is 21.3 Å². The topological polar surface area (TPSA) is 91.0 Å². The van der Waals surface area contributed by atoms with E-state index >= 15 is 0 Å². The molecular weight excluding hydrogens is 352 g/mol. The summed E-state index contributed by atoms with van der Waals surface area (Å²) < 4.78 is 0.